The Balaban J connectivity index is 2.04. The molecule has 0 spiro atoms. The fourth-order valence-corrected chi connectivity index (χ4v) is 3.86. The summed E-state index contributed by atoms with van der Waals surface area (Å²) in [7, 11) is -2.06. The van der Waals surface area contributed by atoms with Crippen molar-refractivity contribution in [2.75, 3.05) is 13.7 Å². The van der Waals surface area contributed by atoms with E-state index in [9.17, 15) is 13.5 Å². The fraction of sp³-hybridized carbons (Fsp3) is 0.333. The van der Waals surface area contributed by atoms with E-state index in [4.69, 9.17) is 4.74 Å². The molecule has 2 aromatic carbocycles. The van der Waals surface area contributed by atoms with Gasteiger partial charge in [0.25, 0.3) is 0 Å². The van der Waals surface area contributed by atoms with E-state index in [0.717, 1.165) is 16.7 Å². The second-order valence-corrected chi connectivity index (χ2v) is 7.47. The van der Waals surface area contributed by atoms with Gasteiger partial charge in [0, 0.05) is 6.54 Å². The van der Waals surface area contributed by atoms with E-state index in [0.29, 0.717) is 12.2 Å². The van der Waals surface area contributed by atoms with Gasteiger partial charge in [-0.3, -0.25) is 0 Å². The van der Waals surface area contributed by atoms with E-state index in [2.05, 4.69) is 4.72 Å². The van der Waals surface area contributed by atoms with Crippen LogP contribution in [0.3, 0.4) is 0 Å². The number of aliphatic hydroxyl groups excluding tert-OH is 1. The predicted octanol–water partition coefficient (Wildman–Crippen LogP) is 2.71. The summed E-state index contributed by atoms with van der Waals surface area (Å²) >= 11 is 0. The highest BCUT2D eigenvalue weighted by atomic mass is 32.2. The third-order valence-corrected chi connectivity index (χ3v) is 5.28. The van der Waals surface area contributed by atoms with Gasteiger partial charge >= 0.3 is 0 Å². The SMILES string of the molecule is COc1c(C)cc(S(=O)(=O)NCCC(O)c2ccccc2)cc1C. The van der Waals surface area contributed by atoms with E-state index in [1.807, 2.05) is 44.2 Å². The van der Waals surface area contributed by atoms with Crippen molar-refractivity contribution < 1.29 is 18.3 Å². The monoisotopic (exact) mass is 349 g/mol. The van der Waals surface area contributed by atoms with Crippen LogP contribution < -0.4 is 9.46 Å². The first-order chi connectivity index (χ1) is 11.3. The molecule has 0 heterocycles. The summed E-state index contributed by atoms with van der Waals surface area (Å²) in [5.74, 6) is 0.688. The van der Waals surface area contributed by atoms with Crippen LogP contribution in [0, 0.1) is 13.8 Å². The molecule has 0 saturated heterocycles. The Hall–Kier alpha value is -1.89. The minimum absolute atomic E-state index is 0.155. The average Bonchev–Trinajstić information content (AvgIpc) is 2.55. The maximum Gasteiger partial charge on any atom is 0.240 e. The molecule has 0 bridgehead atoms. The summed E-state index contributed by atoms with van der Waals surface area (Å²) in [5.41, 5.74) is 2.30. The molecular formula is C18H23NO4S. The summed E-state index contributed by atoms with van der Waals surface area (Å²) in [6.07, 6.45) is -0.398. The van der Waals surface area contributed by atoms with E-state index in [-0.39, 0.29) is 11.4 Å². The van der Waals surface area contributed by atoms with Crippen LogP contribution in [0.1, 0.15) is 29.2 Å². The highest BCUT2D eigenvalue weighted by Gasteiger charge is 2.17. The molecule has 0 saturated carbocycles. The molecule has 2 N–H and O–H groups in total. The third kappa shape index (κ3) is 4.35. The Bertz CT molecular complexity index is 765. The van der Waals surface area contributed by atoms with Crippen molar-refractivity contribution >= 4 is 10.0 Å². The molecule has 0 aromatic heterocycles. The second-order valence-electron chi connectivity index (χ2n) is 5.70. The van der Waals surface area contributed by atoms with Gasteiger partial charge in [-0.15, -0.1) is 0 Å². The zero-order valence-corrected chi connectivity index (χ0v) is 14.9. The minimum Gasteiger partial charge on any atom is -0.496 e. The molecule has 6 heteroatoms. The molecule has 2 rings (SSSR count). The van der Waals surface area contributed by atoms with Crippen molar-refractivity contribution in [2.45, 2.75) is 31.3 Å². The van der Waals surface area contributed by atoms with Gasteiger partial charge in [0.15, 0.2) is 0 Å². The van der Waals surface area contributed by atoms with Gasteiger partial charge in [-0.1, -0.05) is 30.3 Å². The van der Waals surface area contributed by atoms with Crippen molar-refractivity contribution in [3.63, 3.8) is 0 Å². The lowest BCUT2D eigenvalue weighted by Crippen LogP contribution is -2.26. The zero-order valence-electron chi connectivity index (χ0n) is 14.1. The van der Waals surface area contributed by atoms with E-state index < -0.39 is 16.1 Å². The number of aryl methyl sites for hydroxylation is 2. The Labute approximate surface area is 143 Å². The molecule has 2 aromatic rings. The highest BCUT2D eigenvalue weighted by Crippen LogP contribution is 2.26. The smallest absolute Gasteiger partial charge is 0.240 e. The van der Waals surface area contributed by atoms with Crippen molar-refractivity contribution in [3.05, 3.63) is 59.2 Å². The van der Waals surface area contributed by atoms with Crippen molar-refractivity contribution in [3.8, 4) is 5.75 Å². The second kappa shape index (κ2) is 7.79. The number of benzene rings is 2. The third-order valence-electron chi connectivity index (χ3n) is 3.84. The van der Waals surface area contributed by atoms with E-state index >= 15 is 0 Å². The van der Waals surface area contributed by atoms with Crippen LogP contribution in [0.4, 0.5) is 0 Å². The van der Waals surface area contributed by atoms with Gasteiger partial charge < -0.3 is 9.84 Å². The van der Waals surface area contributed by atoms with E-state index in [1.165, 1.54) is 0 Å². The van der Waals surface area contributed by atoms with Crippen LogP contribution in [0.25, 0.3) is 0 Å². The molecule has 0 radical (unpaired) electrons. The lowest BCUT2D eigenvalue weighted by Gasteiger charge is -2.14. The maximum absolute atomic E-state index is 12.4. The largest absolute Gasteiger partial charge is 0.496 e. The van der Waals surface area contributed by atoms with Crippen LogP contribution in [-0.4, -0.2) is 27.2 Å². The standard InChI is InChI=1S/C18H23NO4S/c1-13-11-16(12-14(2)18(13)23-3)24(21,22)19-10-9-17(20)15-7-5-4-6-8-15/h4-8,11-12,17,19-20H,9-10H2,1-3H3. The van der Waals surface area contributed by atoms with Crippen LogP contribution >= 0.6 is 0 Å². The number of methoxy groups -OCH3 is 1. The molecule has 24 heavy (non-hydrogen) atoms. The number of ether oxygens (including phenoxy) is 1. The van der Waals surface area contributed by atoms with Crippen molar-refractivity contribution in [1.29, 1.82) is 0 Å². The Morgan fingerprint density at radius 1 is 1.12 bits per heavy atom. The molecule has 0 aliphatic heterocycles. The number of aliphatic hydroxyl groups is 1. The summed E-state index contributed by atoms with van der Waals surface area (Å²) in [6.45, 7) is 3.77. The number of hydrogen-bond acceptors (Lipinski definition) is 4. The molecule has 0 aliphatic carbocycles. The van der Waals surface area contributed by atoms with Crippen LogP contribution in [0.2, 0.25) is 0 Å². The van der Waals surface area contributed by atoms with Crippen LogP contribution in [-0.2, 0) is 10.0 Å². The van der Waals surface area contributed by atoms with Gasteiger partial charge in [0.05, 0.1) is 18.1 Å². The molecular weight excluding hydrogens is 326 g/mol. The van der Waals surface area contributed by atoms with Gasteiger partial charge in [-0.2, -0.15) is 0 Å². The Kier molecular flexibility index (Phi) is 5.99. The number of sulfonamides is 1. The number of hydrogen-bond donors (Lipinski definition) is 2. The molecule has 130 valence electrons. The van der Waals surface area contributed by atoms with Gasteiger partial charge in [0.1, 0.15) is 5.75 Å². The zero-order chi connectivity index (χ0) is 17.7. The molecule has 0 aliphatic rings. The highest BCUT2D eigenvalue weighted by molar-refractivity contribution is 7.89. The first-order valence-corrected chi connectivity index (χ1v) is 9.21. The first-order valence-electron chi connectivity index (χ1n) is 7.73. The quantitative estimate of drug-likeness (QED) is 0.806. The van der Waals surface area contributed by atoms with Crippen molar-refractivity contribution in [2.24, 2.45) is 0 Å². The normalized spacial score (nSPS) is 12.8. The Morgan fingerprint density at radius 2 is 1.71 bits per heavy atom. The maximum atomic E-state index is 12.4. The lowest BCUT2D eigenvalue weighted by atomic mass is 10.1. The summed E-state index contributed by atoms with van der Waals surface area (Å²) in [6, 6.07) is 12.3. The average molecular weight is 349 g/mol. The summed E-state index contributed by atoms with van der Waals surface area (Å²) in [5, 5.41) is 10.1. The number of nitrogens with one attached hydrogen (secondary N) is 1. The van der Waals surface area contributed by atoms with Crippen LogP contribution in [0.15, 0.2) is 47.4 Å². The topological polar surface area (TPSA) is 75.6 Å². The molecule has 0 fully saturated rings. The van der Waals surface area contributed by atoms with E-state index in [1.54, 1.807) is 19.2 Å². The summed E-state index contributed by atoms with van der Waals surface area (Å²) < 4.78 is 32.6. The summed E-state index contributed by atoms with van der Waals surface area (Å²) in [4.78, 5) is 0.201. The Morgan fingerprint density at radius 3 is 2.25 bits per heavy atom. The molecule has 1 atom stereocenters. The van der Waals surface area contributed by atoms with Crippen LogP contribution in [0.5, 0.6) is 5.75 Å². The predicted molar refractivity (Wildman–Crippen MR) is 93.7 cm³/mol. The van der Waals surface area contributed by atoms with Gasteiger partial charge in [-0.25, -0.2) is 13.1 Å². The first kappa shape index (κ1) is 18.4. The molecule has 1 unspecified atom stereocenters. The molecule has 0 amide bonds. The fourth-order valence-electron chi connectivity index (χ4n) is 2.64. The molecule has 5 nitrogen and oxygen atoms in total. The number of rotatable bonds is 7. The minimum atomic E-state index is -3.62. The lowest BCUT2D eigenvalue weighted by molar-refractivity contribution is 0.169. The van der Waals surface area contributed by atoms with Crippen molar-refractivity contribution in [1.82, 2.24) is 4.72 Å². The van der Waals surface area contributed by atoms with Gasteiger partial charge in [0.2, 0.25) is 10.0 Å². The van der Waals surface area contributed by atoms with Gasteiger partial charge in [-0.05, 0) is 49.1 Å².